The van der Waals surface area contributed by atoms with E-state index in [9.17, 15) is 22.4 Å². The van der Waals surface area contributed by atoms with Gasteiger partial charge in [-0.05, 0) is 53.8 Å². The summed E-state index contributed by atoms with van der Waals surface area (Å²) < 4.78 is 40.5. The van der Waals surface area contributed by atoms with Gasteiger partial charge in [-0.2, -0.15) is 0 Å². The summed E-state index contributed by atoms with van der Waals surface area (Å²) in [5.74, 6) is -0.828. The Morgan fingerprint density at radius 1 is 0.875 bits per heavy atom. The van der Waals surface area contributed by atoms with Gasteiger partial charge in [-0.1, -0.05) is 74.9 Å². The molecule has 0 aliphatic rings. The third-order valence-electron chi connectivity index (χ3n) is 6.56. The molecule has 1 atom stereocenters. The summed E-state index contributed by atoms with van der Waals surface area (Å²) in [7, 11) is -3.57. The highest BCUT2D eigenvalue weighted by Crippen LogP contribution is 2.18. The minimum absolute atomic E-state index is 0.119. The molecular formula is C31H38FN3O4S. The van der Waals surface area contributed by atoms with Crippen molar-refractivity contribution in [3.8, 4) is 0 Å². The van der Waals surface area contributed by atoms with Crippen LogP contribution in [0.5, 0.6) is 0 Å². The monoisotopic (exact) mass is 567 g/mol. The van der Waals surface area contributed by atoms with Crippen LogP contribution in [-0.4, -0.2) is 44.3 Å². The summed E-state index contributed by atoms with van der Waals surface area (Å²) in [6.07, 6.45) is 2.58. The number of nitrogens with one attached hydrogen (secondary N) is 2. The molecule has 0 aliphatic carbocycles. The van der Waals surface area contributed by atoms with E-state index in [0.717, 1.165) is 24.0 Å². The highest BCUT2D eigenvalue weighted by molar-refractivity contribution is 7.89. The van der Waals surface area contributed by atoms with Crippen LogP contribution in [0.15, 0.2) is 83.8 Å². The fourth-order valence-corrected chi connectivity index (χ4v) is 5.39. The van der Waals surface area contributed by atoms with Gasteiger partial charge in [0, 0.05) is 32.5 Å². The molecule has 3 aromatic rings. The van der Waals surface area contributed by atoms with Crippen LogP contribution in [0.3, 0.4) is 0 Å². The molecule has 0 aliphatic heterocycles. The largest absolute Gasteiger partial charge is 0.354 e. The minimum Gasteiger partial charge on any atom is -0.354 e. The van der Waals surface area contributed by atoms with E-state index in [1.807, 2.05) is 37.3 Å². The molecule has 0 fully saturated rings. The molecular weight excluding hydrogens is 529 g/mol. The standard InChI is InChI=1S/C31H38FN3O4S/c1-3-5-21-33-31(37)29(22-25-9-7-6-8-10-25)35(23-26-11-16-27(32)17-12-26)30(36)20-15-24-13-18-28(19-14-24)40(38,39)34-4-2/h6-14,16-19,29,34H,3-5,15,20-23H2,1-2H3,(H,33,37)/t29-/m0/s1. The quantitative estimate of drug-likeness (QED) is 0.262. The maximum Gasteiger partial charge on any atom is 0.243 e. The van der Waals surface area contributed by atoms with Crippen LogP contribution in [0.2, 0.25) is 0 Å². The lowest BCUT2D eigenvalue weighted by Gasteiger charge is -2.31. The summed E-state index contributed by atoms with van der Waals surface area (Å²) in [6.45, 7) is 4.71. The van der Waals surface area contributed by atoms with Gasteiger partial charge in [0.2, 0.25) is 21.8 Å². The SMILES string of the molecule is CCCCNC(=O)[C@H](Cc1ccccc1)N(Cc1ccc(F)cc1)C(=O)CCc1ccc(S(=O)(=O)NCC)cc1. The van der Waals surface area contributed by atoms with E-state index in [-0.39, 0.29) is 35.5 Å². The Labute approximate surface area is 236 Å². The molecule has 2 amide bonds. The molecule has 0 unspecified atom stereocenters. The molecule has 0 radical (unpaired) electrons. The van der Waals surface area contributed by atoms with Gasteiger partial charge in [-0.25, -0.2) is 17.5 Å². The van der Waals surface area contributed by atoms with Gasteiger partial charge in [0.15, 0.2) is 0 Å². The van der Waals surface area contributed by atoms with Crippen molar-refractivity contribution in [1.82, 2.24) is 14.9 Å². The number of benzene rings is 3. The van der Waals surface area contributed by atoms with Gasteiger partial charge >= 0.3 is 0 Å². The van der Waals surface area contributed by atoms with E-state index in [1.165, 1.54) is 24.3 Å². The highest BCUT2D eigenvalue weighted by atomic mass is 32.2. The Hall–Kier alpha value is -3.56. The van der Waals surface area contributed by atoms with E-state index >= 15 is 0 Å². The average molecular weight is 568 g/mol. The highest BCUT2D eigenvalue weighted by Gasteiger charge is 2.30. The summed E-state index contributed by atoms with van der Waals surface area (Å²) in [5.41, 5.74) is 2.44. The minimum atomic E-state index is -3.57. The van der Waals surface area contributed by atoms with Crippen molar-refractivity contribution >= 4 is 21.8 Å². The number of carbonyl (C=O) groups is 2. The maximum absolute atomic E-state index is 13.7. The number of nitrogens with zero attached hydrogens (tertiary/aromatic N) is 1. The molecule has 0 saturated heterocycles. The number of aryl methyl sites for hydroxylation is 1. The van der Waals surface area contributed by atoms with Crippen LogP contribution < -0.4 is 10.0 Å². The summed E-state index contributed by atoms with van der Waals surface area (Å²) in [6, 6.07) is 21.1. The third-order valence-corrected chi connectivity index (χ3v) is 8.12. The molecule has 9 heteroatoms. The molecule has 3 aromatic carbocycles. The Balaban J connectivity index is 1.85. The Kier molecular flexibility index (Phi) is 11.8. The van der Waals surface area contributed by atoms with E-state index in [0.29, 0.717) is 31.5 Å². The van der Waals surface area contributed by atoms with Gasteiger partial charge in [-0.15, -0.1) is 0 Å². The van der Waals surface area contributed by atoms with E-state index in [1.54, 1.807) is 36.1 Å². The smallest absolute Gasteiger partial charge is 0.243 e. The zero-order valence-corrected chi connectivity index (χ0v) is 23.9. The van der Waals surface area contributed by atoms with Crippen molar-refractivity contribution in [2.24, 2.45) is 0 Å². The molecule has 0 spiro atoms. The molecule has 0 bridgehead atoms. The van der Waals surface area contributed by atoms with Gasteiger partial charge in [0.25, 0.3) is 0 Å². The Bertz CT molecular complexity index is 1330. The van der Waals surface area contributed by atoms with Crippen LogP contribution in [0.4, 0.5) is 4.39 Å². The molecule has 214 valence electrons. The average Bonchev–Trinajstić information content (AvgIpc) is 2.95. The fourth-order valence-electron chi connectivity index (χ4n) is 4.35. The van der Waals surface area contributed by atoms with E-state index < -0.39 is 16.1 Å². The number of carbonyl (C=O) groups excluding carboxylic acids is 2. The van der Waals surface area contributed by atoms with Crippen molar-refractivity contribution in [2.75, 3.05) is 13.1 Å². The lowest BCUT2D eigenvalue weighted by Crippen LogP contribution is -2.50. The van der Waals surface area contributed by atoms with Crippen LogP contribution >= 0.6 is 0 Å². The number of unbranched alkanes of at least 4 members (excludes halogenated alkanes) is 1. The molecule has 0 aromatic heterocycles. The second-order valence-corrected chi connectivity index (χ2v) is 11.4. The number of sulfonamides is 1. The first-order chi connectivity index (χ1) is 19.2. The first-order valence-corrected chi connectivity index (χ1v) is 15.2. The van der Waals surface area contributed by atoms with Gasteiger partial charge in [-0.3, -0.25) is 9.59 Å². The molecule has 0 heterocycles. The summed E-state index contributed by atoms with van der Waals surface area (Å²) >= 11 is 0. The lowest BCUT2D eigenvalue weighted by molar-refractivity contribution is -0.141. The molecule has 40 heavy (non-hydrogen) atoms. The molecule has 2 N–H and O–H groups in total. The summed E-state index contributed by atoms with van der Waals surface area (Å²) in [4.78, 5) is 28.9. The zero-order valence-electron chi connectivity index (χ0n) is 23.1. The van der Waals surface area contributed by atoms with Crippen molar-refractivity contribution in [1.29, 1.82) is 0 Å². The second kappa shape index (κ2) is 15.3. The van der Waals surface area contributed by atoms with Crippen LogP contribution in [0, 0.1) is 5.82 Å². The topological polar surface area (TPSA) is 95.6 Å². The van der Waals surface area contributed by atoms with Gasteiger partial charge in [0.1, 0.15) is 11.9 Å². The number of rotatable bonds is 15. The Morgan fingerprint density at radius 3 is 2.15 bits per heavy atom. The fraction of sp³-hybridized carbons (Fsp3) is 0.355. The Morgan fingerprint density at radius 2 is 1.52 bits per heavy atom. The van der Waals surface area contributed by atoms with E-state index in [2.05, 4.69) is 10.0 Å². The molecule has 7 nitrogen and oxygen atoms in total. The van der Waals surface area contributed by atoms with Crippen molar-refractivity contribution in [3.05, 3.63) is 101 Å². The number of amides is 2. The first kappa shape index (κ1) is 31.0. The lowest BCUT2D eigenvalue weighted by atomic mass is 10.0. The van der Waals surface area contributed by atoms with Crippen molar-refractivity contribution < 1.29 is 22.4 Å². The van der Waals surface area contributed by atoms with E-state index in [4.69, 9.17) is 0 Å². The van der Waals surface area contributed by atoms with Crippen LogP contribution in [-0.2, 0) is 39.0 Å². The van der Waals surface area contributed by atoms with Crippen molar-refractivity contribution in [2.45, 2.75) is 63.4 Å². The third kappa shape index (κ3) is 9.27. The molecule has 0 saturated carbocycles. The zero-order chi connectivity index (χ0) is 29.0. The van der Waals surface area contributed by atoms with Crippen LogP contribution in [0.1, 0.15) is 49.8 Å². The maximum atomic E-state index is 13.7. The number of hydrogen-bond donors (Lipinski definition) is 2. The predicted octanol–water partition coefficient (Wildman–Crippen LogP) is 4.61. The van der Waals surface area contributed by atoms with Crippen molar-refractivity contribution in [3.63, 3.8) is 0 Å². The number of halogens is 1. The predicted molar refractivity (Wildman–Crippen MR) is 154 cm³/mol. The number of hydrogen-bond acceptors (Lipinski definition) is 4. The normalized spacial score (nSPS) is 12.1. The first-order valence-electron chi connectivity index (χ1n) is 13.7. The van der Waals surface area contributed by atoms with Gasteiger partial charge < -0.3 is 10.2 Å². The van der Waals surface area contributed by atoms with Crippen LogP contribution in [0.25, 0.3) is 0 Å². The molecule has 3 rings (SSSR count). The second-order valence-electron chi connectivity index (χ2n) is 9.64. The summed E-state index contributed by atoms with van der Waals surface area (Å²) in [5, 5.41) is 2.98. The van der Waals surface area contributed by atoms with Gasteiger partial charge in [0.05, 0.1) is 4.90 Å².